The summed E-state index contributed by atoms with van der Waals surface area (Å²) in [7, 11) is 0. The van der Waals surface area contributed by atoms with E-state index in [1.807, 2.05) is 0 Å². The third-order valence-corrected chi connectivity index (χ3v) is 5.15. The Morgan fingerprint density at radius 3 is 2.67 bits per heavy atom. The van der Waals surface area contributed by atoms with E-state index in [1.54, 1.807) is 0 Å². The largest absolute Gasteiger partial charge is 0.480 e. The molecule has 102 valence electrons. The van der Waals surface area contributed by atoms with Crippen LogP contribution in [0.5, 0.6) is 0 Å². The lowest BCUT2D eigenvalue weighted by molar-refractivity contribution is -0.148. The van der Waals surface area contributed by atoms with Crippen LogP contribution in [0.1, 0.15) is 51.4 Å². The van der Waals surface area contributed by atoms with Gasteiger partial charge in [-0.25, -0.2) is 0 Å². The van der Waals surface area contributed by atoms with E-state index in [1.165, 1.54) is 32.2 Å². The predicted octanol–water partition coefficient (Wildman–Crippen LogP) is 1.60. The van der Waals surface area contributed by atoms with Crippen molar-refractivity contribution in [2.45, 2.75) is 69.0 Å². The van der Waals surface area contributed by atoms with Crippen molar-refractivity contribution in [3.8, 4) is 0 Å². The van der Waals surface area contributed by atoms with Crippen LogP contribution in [-0.2, 0) is 4.79 Å². The Morgan fingerprint density at radius 2 is 1.94 bits per heavy atom. The highest BCUT2D eigenvalue weighted by atomic mass is 16.4. The van der Waals surface area contributed by atoms with Gasteiger partial charge in [-0.1, -0.05) is 12.8 Å². The summed E-state index contributed by atoms with van der Waals surface area (Å²) in [5, 5.41) is 13.2. The van der Waals surface area contributed by atoms with Crippen molar-refractivity contribution < 1.29 is 9.90 Å². The zero-order valence-corrected chi connectivity index (χ0v) is 11.0. The number of hydrogen-bond donors (Lipinski definition) is 2. The fraction of sp³-hybridized carbons (Fsp3) is 0.929. The van der Waals surface area contributed by atoms with Crippen molar-refractivity contribution in [3.63, 3.8) is 0 Å². The van der Waals surface area contributed by atoms with Crippen molar-refractivity contribution in [2.24, 2.45) is 0 Å². The quantitative estimate of drug-likeness (QED) is 0.801. The lowest BCUT2D eigenvalue weighted by Crippen LogP contribution is -2.62. The van der Waals surface area contributed by atoms with Crippen molar-refractivity contribution >= 4 is 5.97 Å². The van der Waals surface area contributed by atoms with Crippen LogP contribution in [0.2, 0.25) is 0 Å². The summed E-state index contributed by atoms with van der Waals surface area (Å²) < 4.78 is 0. The minimum absolute atomic E-state index is 0.439. The molecule has 3 rings (SSSR count). The molecule has 2 N–H and O–H groups in total. The van der Waals surface area contributed by atoms with E-state index < -0.39 is 11.5 Å². The summed E-state index contributed by atoms with van der Waals surface area (Å²) in [4.78, 5) is 14.3. The molecule has 2 heterocycles. The number of carbonyl (C=O) groups is 1. The smallest absolute Gasteiger partial charge is 0.324 e. The van der Waals surface area contributed by atoms with Gasteiger partial charge in [-0.3, -0.25) is 10.1 Å². The van der Waals surface area contributed by atoms with Crippen LogP contribution in [0.15, 0.2) is 0 Å². The molecule has 0 aromatic heterocycles. The van der Waals surface area contributed by atoms with Gasteiger partial charge in [-0.15, -0.1) is 0 Å². The molecule has 0 amide bonds. The molecule has 2 saturated heterocycles. The lowest BCUT2D eigenvalue weighted by Gasteiger charge is -2.43. The lowest BCUT2D eigenvalue weighted by atomic mass is 9.82. The third-order valence-electron chi connectivity index (χ3n) is 5.15. The number of carboxylic acid groups (broad SMARTS) is 1. The van der Waals surface area contributed by atoms with E-state index in [2.05, 4.69) is 10.2 Å². The predicted molar refractivity (Wildman–Crippen MR) is 69.6 cm³/mol. The van der Waals surface area contributed by atoms with Crippen LogP contribution in [0.25, 0.3) is 0 Å². The average Bonchev–Trinajstić information content (AvgIpc) is 2.98. The van der Waals surface area contributed by atoms with Gasteiger partial charge < -0.3 is 10.0 Å². The highest BCUT2D eigenvalue weighted by Gasteiger charge is 2.47. The van der Waals surface area contributed by atoms with Crippen LogP contribution in [0, 0.1) is 0 Å². The first-order valence-corrected chi connectivity index (χ1v) is 7.45. The standard InChI is InChI=1S/C14H24N2O2/c17-13(18)14(15-11-4-1-2-5-11)7-9-16-8-3-6-12(16)10-14/h11-12,15H,1-10H2,(H,17,18). The Balaban J connectivity index is 1.72. The Morgan fingerprint density at radius 1 is 1.17 bits per heavy atom. The molecule has 1 saturated carbocycles. The maximum absolute atomic E-state index is 11.8. The molecule has 1 aliphatic carbocycles. The van der Waals surface area contributed by atoms with Gasteiger partial charge in [0, 0.05) is 18.6 Å². The zero-order valence-electron chi connectivity index (χ0n) is 11.0. The zero-order chi connectivity index (χ0) is 12.6. The van der Waals surface area contributed by atoms with Gasteiger partial charge in [-0.2, -0.15) is 0 Å². The SMILES string of the molecule is O=C(O)C1(NC2CCCC2)CCN2CCCC2C1. The molecular weight excluding hydrogens is 228 g/mol. The minimum atomic E-state index is -0.638. The minimum Gasteiger partial charge on any atom is -0.480 e. The molecule has 0 spiro atoms. The Bertz CT molecular complexity index is 324. The molecule has 2 unspecified atom stereocenters. The second kappa shape index (κ2) is 4.82. The molecule has 4 heteroatoms. The number of fused-ring (bicyclic) bond motifs is 1. The van der Waals surface area contributed by atoms with Crippen LogP contribution in [0.4, 0.5) is 0 Å². The van der Waals surface area contributed by atoms with Crippen molar-refractivity contribution in [3.05, 3.63) is 0 Å². The summed E-state index contributed by atoms with van der Waals surface area (Å²) in [6.07, 6.45) is 8.82. The maximum Gasteiger partial charge on any atom is 0.324 e. The first-order chi connectivity index (χ1) is 8.70. The number of rotatable bonds is 3. The van der Waals surface area contributed by atoms with Crippen molar-refractivity contribution in [2.75, 3.05) is 13.1 Å². The molecule has 2 atom stereocenters. The second-order valence-corrected chi connectivity index (χ2v) is 6.30. The molecule has 4 nitrogen and oxygen atoms in total. The number of nitrogens with zero attached hydrogens (tertiary/aromatic N) is 1. The molecule has 0 aromatic carbocycles. The van der Waals surface area contributed by atoms with E-state index in [0.717, 1.165) is 32.2 Å². The molecule has 18 heavy (non-hydrogen) atoms. The average molecular weight is 252 g/mol. The number of piperidine rings is 1. The highest BCUT2D eigenvalue weighted by Crippen LogP contribution is 2.35. The van der Waals surface area contributed by atoms with Gasteiger partial charge in [0.15, 0.2) is 0 Å². The van der Waals surface area contributed by atoms with E-state index >= 15 is 0 Å². The van der Waals surface area contributed by atoms with Gasteiger partial charge in [0.1, 0.15) is 5.54 Å². The Labute approximate surface area is 109 Å². The van der Waals surface area contributed by atoms with Gasteiger partial charge in [0.2, 0.25) is 0 Å². The van der Waals surface area contributed by atoms with Gasteiger partial charge in [-0.05, 0) is 45.1 Å². The number of carboxylic acids is 1. The van der Waals surface area contributed by atoms with Gasteiger partial charge >= 0.3 is 5.97 Å². The van der Waals surface area contributed by atoms with Crippen LogP contribution in [-0.4, -0.2) is 46.7 Å². The highest BCUT2D eigenvalue weighted by molar-refractivity contribution is 5.79. The summed E-state index contributed by atoms with van der Waals surface area (Å²) in [5.74, 6) is -0.624. The van der Waals surface area contributed by atoms with E-state index in [0.29, 0.717) is 12.1 Å². The monoisotopic (exact) mass is 252 g/mol. The van der Waals surface area contributed by atoms with Crippen molar-refractivity contribution in [1.82, 2.24) is 10.2 Å². The first kappa shape index (κ1) is 12.4. The second-order valence-electron chi connectivity index (χ2n) is 6.30. The number of nitrogens with one attached hydrogen (secondary N) is 1. The van der Waals surface area contributed by atoms with Gasteiger partial charge in [0.05, 0.1) is 0 Å². The van der Waals surface area contributed by atoms with E-state index in [9.17, 15) is 9.90 Å². The molecule has 0 bridgehead atoms. The summed E-state index contributed by atoms with van der Waals surface area (Å²) in [6.45, 7) is 2.13. The normalized spacial score (nSPS) is 37.9. The van der Waals surface area contributed by atoms with Crippen LogP contribution in [0.3, 0.4) is 0 Å². The molecular formula is C14H24N2O2. The molecule has 3 fully saturated rings. The Kier molecular flexibility index (Phi) is 3.32. The fourth-order valence-corrected chi connectivity index (χ4v) is 4.11. The molecule has 0 radical (unpaired) electrons. The number of hydrogen-bond acceptors (Lipinski definition) is 3. The van der Waals surface area contributed by atoms with Crippen LogP contribution >= 0.6 is 0 Å². The Hall–Kier alpha value is -0.610. The maximum atomic E-state index is 11.8. The van der Waals surface area contributed by atoms with E-state index in [4.69, 9.17) is 0 Å². The summed E-state index contributed by atoms with van der Waals surface area (Å²) in [6, 6.07) is 0.942. The molecule has 2 aliphatic heterocycles. The summed E-state index contributed by atoms with van der Waals surface area (Å²) in [5.41, 5.74) is -0.638. The fourth-order valence-electron chi connectivity index (χ4n) is 4.11. The number of aliphatic carboxylic acids is 1. The van der Waals surface area contributed by atoms with Crippen molar-refractivity contribution in [1.29, 1.82) is 0 Å². The summed E-state index contributed by atoms with van der Waals surface area (Å²) >= 11 is 0. The topological polar surface area (TPSA) is 52.6 Å². The molecule has 0 aromatic rings. The third kappa shape index (κ3) is 2.16. The van der Waals surface area contributed by atoms with E-state index in [-0.39, 0.29) is 0 Å². The van der Waals surface area contributed by atoms with Gasteiger partial charge in [0.25, 0.3) is 0 Å². The van der Waals surface area contributed by atoms with Crippen LogP contribution < -0.4 is 5.32 Å². The molecule has 3 aliphatic rings. The first-order valence-electron chi connectivity index (χ1n) is 7.45.